The molecule has 1 amide bonds. The second-order valence-electron chi connectivity index (χ2n) is 3.38. The van der Waals surface area contributed by atoms with E-state index in [9.17, 15) is 14.9 Å². The summed E-state index contributed by atoms with van der Waals surface area (Å²) in [5.74, 6) is -0.356. The first-order chi connectivity index (χ1) is 8.56. The highest BCUT2D eigenvalue weighted by Gasteiger charge is 2.15. The second kappa shape index (κ2) is 7.07. The molecule has 18 heavy (non-hydrogen) atoms. The summed E-state index contributed by atoms with van der Waals surface area (Å²) >= 11 is 3.06. The summed E-state index contributed by atoms with van der Waals surface area (Å²) in [5.41, 5.74) is 0.119. The number of nitro benzene ring substituents is 1. The maximum atomic E-state index is 11.7. The van der Waals surface area contributed by atoms with Gasteiger partial charge in [-0.25, -0.2) is 0 Å². The molecular formula is C11H13BrN2O4. The minimum absolute atomic E-state index is 0.132. The summed E-state index contributed by atoms with van der Waals surface area (Å²) in [6.45, 7) is 3.23. The van der Waals surface area contributed by atoms with Gasteiger partial charge in [0.2, 0.25) is 0 Å². The van der Waals surface area contributed by atoms with E-state index in [2.05, 4.69) is 21.2 Å². The van der Waals surface area contributed by atoms with Crippen molar-refractivity contribution in [2.45, 2.75) is 6.92 Å². The molecule has 0 aliphatic rings. The fourth-order valence-electron chi connectivity index (χ4n) is 1.28. The number of hydrogen-bond donors (Lipinski definition) is 1. The molecule has 1 N–H and O–H groups in total. The van der Waals surface area contributed by atoms with Gasteiger partial charge in [0, 0.05) is 24.8 Å². The van der Waals surface area contributed by atoms with Gasteiger partial charge in [0.1, 0.15) is 0 Å². The van der Waals surface area contributed by atoms with Crippen LogP contribution in [0.4, 0.5) is 5.69 Å². The Morgan fingerprint density at radius 3 is 2.89 bits per heavy atom. The van der Waals surface area contributed by atoms with E-state index in [1.54, 1.807) is 0 Å². The first-order valence-corrected chi connectivity index (χ1v) is 6.15. The van der Waals surface area contributed by atoms with Crippen LogP contribution in [0.25, 0.3) is 0 Å². The van der Waals surface area contributed by atoms with Crippen LogP contribution in [0.1, 0.15) is 17.3 Å². The van der Waals surface area contributed by atoms with Crippen LogP contribution in [0, 0.1) is 10.1 Å². The van der Waals surface area contributed by atoms with E-state index >= 15 is 0 Å². The van der Waals surface area contributed by atoms with E-state index in [-0.39, 0.29) is 17.2 Å². The van der Waals surface area contributed by atoms with Crippen LogP contribution < -0.4 is 5.32 Å². The quantitative estimate of drug-likeness (QED) is 0.495. The predicted octanol–water partition coefficient (Wildman–Crippen LogP) is 2.12. The molecule has 0 unspecified atom stereocenters. The van der Waals surface area contributed by atoms with Gasteiger partial charge < -0.3 is 10.1 Å². The summed E-state index contributed by atoms with van der Waals surface area (Å²) in [6.07, 6.45) is 0. The SMILES string of the molecule is CCOCCNC(=O)c1ccc(Br)c([N+](=O)[O-])c1. The zero-order valence-corrected chi connectivity index (χ0v) is 11.4. The standard InChI is InChI=1S/C11H13BrN2O4/c1-2-18-6-5-13-11(15)8-3-4-9(12)10(7-8)14(16)17/h3-4,7H,2,5-6H2,1H3,(H,13,15). The Kier molecular flexibility index (Phi) is 5.73. The Labute approximate surface area is 113 Å². The minimum atomic E-state index is -0.541. The van der Waals surface area contributed by atoms with Gasteiger partial charge in [-0.05, 0) is 35.0 Å². The monoisotopic (exact) mass is 316 g/mol. The number of carbonyl (C=O) groups is 1. The molecule has 0 aliphatic carbocycles. The molecule has 0 heterocycles. The molecule has 0 spiro atoms. The van der Waals surface area contributed by atoms with E-state index in [1.165, 1.54) is 18.2 Å². The van der Waals surface area contributed by atoms with Gasteiger partial charge >= 0.3 is 0 Å². The Bertz CT molecular complexity index is 451. The van der Waals surface area contributed by atoms with Gasteiger partial charge in [0.15, 0.2) is 0 Å². The number of halogens is 1. The maximum absolute atomic E-state index is 11.7. The number of nitro groups is 1. The van der Waals surface area contributed by atoms with Crippen molar-refractivity contribution in [3.8, 4) is 0 Å². The first kappa shape index (κ1) is 14.6. The summed E-state index contributed by atoms with van der Waals surface area (Å²) in [6, 6.07) is 4.24. The number of benzene rings is 1. The highest BCUT2D eigenvalue weighted by Crippen LogP contribution is 2.25. The highest BCUT2D eigenvalue weighted by molar-refractivity contribution is 9.10. The molecule has 0 saturated carbocycles. The molecule has 0 aromatic heterocycles. The third kappa shape index (κ3) is 4.08. The largest absolute Gasteiger partial charge is 0.380 e. The van der Waals surface area contributed by atoms with Crippen molar-refractivity contribution in [3.63, 3.8) is 0 Å². The number of hydrogen-bond acceptors (Lipinski definition) is 4. The molecule has 1 aromatic carbocycles. The lowest BCUT2D eigenvalue weighted by molar-refractivity contribution is -0.385. The lowest BCUT2D eigenvalue weighted by Crippen LogP contribution is -2.27. The van der Waals surface area contributed by atoms with Crippen molar-refractivity contribution in [2.24, 2.45) is 0 Å². The van der Waals surface area contributed by atoms with Gasteiger partial charge in [0.05, 0.1) is 16.0 Å². The zero-order valence-electron chi connectivity index (χ0n) is 9.81. The fraction of sp³-hybridized carbons (Fsp3) is 0.364. The molecule has 6 nitrogen and oxygen atoms in total. The molecule has 0 fully saturated rings. The molecule has 7 heteroatoms. The molecule has 1 aromatic rings. The second-order valence-corrected chi connectivity index (χ2v) is 4.23. The van der Waals surface area contributed by atoms with Gasteiger partial charge in [0.25, 0.3) is 11.6 Å². The van der Waals surface area contributed by atoms with Crippen LogP contribution in [-0.2, 0) is 4.74 Å². The summed E-state index contributed by atoms with van der Waals surface area (Å²) in [5, 5.41) is 13.3. The fourth-order valence-corrected chi connectivity index (χ4v) is 1.67. The van der Waals surface area contributed by atoms with Gasteiger partial charge in [-0.15, -0.1) is 0 Å². The Balaban J connectivity index is 2.68. The topological polar surface area (TPSA) is 81.5 Å². The van der Waals surface area contributed by atoms with Crippen LogP contribution in [0.2, 0.25) is 0 Å². The van der Waals surface area contributed by atoms with E-state index in [1.807, 2.05) is 6.92 Å². The van der Waals surface area contributed by atoms with Crippen molar-refractivity contribution in [3.05, 3.63) is 38.3 Å². The lowest BCUT2D eigenvalue weighted by Gasteiger charge is -2.05. The summed E-state index contributed by atoms with van der Waals surface area (Å²) in [7, 11) is 0. The number of amides is 1. The summed E-state index contributed by atoms with van der Waals surface area (Å²) < 4.78 is 5.42. The maximum Gasteiger partial charge on any atom is 0.284 e. The van der Waals surface area contributed by atoms with Crippen LogP contribution in [-0.4, -0.2) is 30.6 Å². The Hall–Kier alpha value is -1.47. The Morgan fingerprint density at radius 2 is 2.28 bits per heavy atom. The zero-order chi connectivity index (χ0) is 13.5. The smallest absolute Gasteiger partial charge is 0.284 e. The molecular weight excluding hydrogens is 304 g/mol. The van der Waals surface area contributed by atoms with Crippen LogP contribution in [0.5, 0.6) is 0 Å². The number of rotatable bonds is 6. The molecule has 0 atom stereocenters. The van der Waals surface area contributed by atoms with E-state index in [0.717, 1.165) is 0 Å². The molecule has 0 saturated heterocycles. The third-order valence-electron chi connectivity index (χ3n) is 2.14. The minimum Gasteiger partial charge on any atom is -0.380 e. The average molecular weight is 317 g/mol. The van der Waals surface area contributed by atoms with Crippen LogP contribution >= 0.6 is 15.9 Å². The normalized spacial score (nSPS) is 10.1. The Morgan fingerprint density at radius 1 is 1.56 bits per heavy atom. The van der Waals surface area contributed by atoms with E-state index in [4.69, 9.17) is 4.74 Å². The van der Waals surface area contributed by atoms with E-state index < -0.39 is 4.92 Å². The van der Waals surface area contributed by atoms with Gasteiger partial charge in [-0.3, -0.25) is 14.9 Å². The molecule has 98 valence electrons. The predicted molar refractivity (Wildman–Crippen MR) is 69.6 cm³/mol. The van der Waals surface area contributed by atoms with Crippen molar-refractivity contribution in [1.29, 1.82) is 0 Å². The van der Waals surface area contributed by atoms with Gasteiger partial charge in [-0.2, -0.15) is 0 Å². The van der Waals surface area contributed by atoms with Gasteiger partial charge in [-0.1, -0.05) is 0 Å². The number of ether oxygens (including phenoxy) is 1. The molecule has 0 radical (unpaired) electrons. The molecule has 0 aliphatic heterocycles. The number of nitrogens with one attached hydrogen (secondary N) is 1. The number of nitrogens with zero attached hydrogens (tertiary/aromatic N) is 1. The van der Waals surface area contributed by atoms with Crippen LogP contribution in [0.15, 0.2) is 22.7 Å². The van der Waals surface area contributed by atoms with Crippen molar-refractivity contribution in [1.82, 2.24) is 5.32 Å². The van der Waals surface area contributed by atoms with E-state index in [0.29, 0.717) is 24.2 Å². The van der Waals surface area contributed by atoms with Crippen LogP contribution in [0.3, 0.4) is 0 Å². The number of carbonyl (C=O) groups excluding carboxylic acids is 1. The lowest BCUT2D eigenvalue weighted by atomic mass is 10.2. The summed E-state index contributed by atoms with van der Waals surface area (Å²) in [4.78, 5) is 21.9. The van der Waals surface area contributed by atoms with Crippen molar-refractivity contribution in [2.75, 3.05) is 19.8 Å². The highest BCUT2D eigenvalue weighted by atomic mass is 79.9. The third-order valence-corrected chi connectivity index (χ3v) is 2.81. The average Bonchev–Trinajstić information content (AvgIpc) is 2.34. The van der Waals surface area contributed by atoms with Crippen molar-refractivity contribution >= 4 is 27.5 Å². The molecule has 0 bridgehead atoms. The van der Waals surface area contributed by atoms with Crippen molar-refractivity contribution < 1.29 is 14.5 Å². The first-order valence-electron chi connectivity index (χ1n) is 5.36. The molecule has 1 rings (SSSR count).